The summed E-state index contributed by atoms with van der Waals surface area (Å²) in [5.74, 6) is -0.973. The number of hydrogen-bond acceptors (Lipinski definition) is 2. The van der Waals surface area contributed by atoms with Gasteiger partial charge in [0.15, 0.2) is 0 Å². The quantitative estimate of drug-likeness (QED) is 0.705. The van der Waals surface area contributed by atoms with E-state index in [0.29, 0.717) is 5.56 Å². The number of amides is 2. The zero-order valence-corrected chi connectivity index (χ0v) is 13.6. The summed E-state index contributed by atoms with van der Waals surface area (Å²) in [6.07, 6.45) is 3.15. The first-order valence-electron chi connectivity index (χ1n) is 7.96. The lowest BCUT2D eigenvalue weighted by Crippen LogP contribution is -2.36. The fourth-order valence-electron chi connectivity index (χ4n) is 2.72. The van der Waals surface area contributed by atoms with Crippen LogP contribution in [0.25, 0.3) is 16.8 Å². The van der Waals surface area contributed by atoms with Crippen LogP contribution >= 0.6 is 0 Å². The smallest absolute Gasteiger partial charge is 0.244 e. The summed E-state index contributed by atoms with van der Waals surface area (Å²) in [6.45, 7) is 0. The fourth-order valence-corrected chi connectivity index (χ4v) is 2.72. The van der Waals surface area contributed by atoms with Gasteiger partial charge in [-0.05, 0) is 28.0 Å². The van der Waals surface area contributed by atoms with Crippen molar-refractivity contribution in [1.82, 2.24) is 5.32 Å². The Balaban J connectivity index is 1.79. The van der Waals surface area contributed by atoms with Crippen molar-refractivity contribution in [3.05, 3.63) is 90.0 Å². The molecule has 124 valence electrons. The van der Waals surface area contributed by atoms with Crippen molar-refractivity contribution in [3.8, 4) is 0 Å². The van der Waals surface area contributed by atoms with E-state index in [4.69, 9.17) is 5.73 Å². The van der Waals surface area contributed by atoms with E-state index in [0.717, 1.165) is 16.3 Å². The number of hydrogen-bond donors (Lipinski definition) is 2. The van der Waals surface area contributed by atoms with E-state index < -0.39 is 11.9 Å². The second-order valence-electron chi connectivity index (χ2n) is 5.66. The Kier molecular flexibility index (Phi) is 4.90. The fraction of sp³-hybridized carbons (Fsp3) is 0.0476. The molecule has 3 N–H and O–H groups in total. The minimum Gasteiger partial charge on any atom is -0.368 e. The number of rotatable bonds is 5. The van der Waals surface area contributed by atoms with Crippen molar-refractivity contribution >= 4 is 28.7 Å². The molecule has 4 heteroatoms. The molecule has 2 amide bonds. The second kappa shape index (κ2) is 7.45. The maximum Gasteiger partial charge on any atom is 0.244 e. The second-order valence-corrected chi connectivity index (χ2v) is 5.66. The molecule has 0 heterocycles. The summed E-state index contributed by atoms with van der Waals surface area (Å²) in [5, 5.41) is 4.81. The van der Waals surface area contributed by atoms with Crippen LogP contribution < -0.4 is 11.1 Å². The van der Waals surface area contributed by atoms with Crippen LogP contribution in [0.15, 0.2) is 78.9 Å². The molecule has 3 aromatic rings. The van der Waals surface area contributed by atoms with Crippen LogP contribution in [0.4, 0.5) is 0 Å². The first kappa shape index (κ1) is 16.5. The molecular formula is C21H18N2O2. The van der Waals surface area contributed by atoms with E-state index in [1.807, 2.05) is 48.5 Å². The van der Waals surface area contributed by atoms with E-state index in [9.17, 15) is 9.59 Å². The highest BCUT2D eigenvalue weighted by atomic mass is 16.2. The molecule has 0 bridgehead atoms. The number of primary amides is 1. The Bertz CT molecular complexity index is 928. The topological polar surface area (TPSA) is 72.2 Å². The van der Waals surface area contributed by atoms with Crippen molar-refractivity contribution in [2.24, 2.45) is 5.73 Å². The highest BCUT2D eigenvalue weighted by Gasteiger charge is 2.18. The van der Waals surface area contributed by atoms with Gasteiger partial charge in [0, 0.05) is 6.08 Å². The van der Waals surface area contributed by atoms with Crippen LogP contribution in [-0.4, -0.2) is 11.8 Å². The van der Waals surface area contributed by atoms with Gasteiger partial charge in [-0.2, -0.15) is 0 Å². The minimum absolute atomic E-state index is 0.374. The Morgan fingerprint density at radius 3 is 2.32 bits per heavy atom. The van der Waals surface area contributed by atoms with Crippen molar-refractivity contribution < 1.29 is 9.59 Å². The number of fused-ring (bicyclic) bond motifs is 1. The zero-order chi connectivity index (χ0) is 17.6. The van der Waals surface area contributed by atoms with Gasteiger partial charge in [0.1, 0.15) is 6.04 Å². The SMILES string of the molecule is NC(=O)C(NC(=O)/C=C/c1cccc2ccccc12)c1ccccc1. The molecule has 0 fully saturated rings. The number of benzene rings is 3. The van der Waals surface area contributed by atoms with Gasteiger partial charge in [-0.1, -0.05) is 72.8 Å². The highest BCUT2D eigenvalue weighted by Crippen LogP contribution is 2.19. The average Bonchev–Trinajstić information content (AvgIpc) is 2.65. The number of carbonyl (C=O) groups is 2. The summed E-state index contributed by atoms with van der Waals surface area (Å²) >= 11 is 0. The van der Waals surface area contributed by atoms with E-state index >= 15 is 0 Å². The Morgan fingerprint density at radius 1 is 0.880 bits per heavy atom. The molecule has 0 saturated carbocycles. The third kappa shape index (κ3) is 3.93. The molecular weight excluding hydrogens is 312 g/mol. The van der Waals surface area contributed by atoms with Crippen molar-refractivity contribution in [2.75, 3.05) is 0 Å². The first-order valence-corrected chi connectivity index (χ1v) is 7.96. The zero-order valence-electron chi connectivity index (χ0n) is 13.6. The summed E-state index contributed by atoms with van der Waals surface area (Å²) in [4.78, 5) is 23.9. The summed E-state index contributed by atoms with van der Waals surface area (Å²) in [6, 6.07) is 21.9. The predicted octanol–water partition coefficient (Wildman–Crippen LogP) is 3.20. The molecule has 3 aromatic carbocycles. The molecule has 1 atom stereocenters. The molecule has 0 aliphatic rings. The van der Waals surface area contributed by atoms with Gasteiger partial charge < -0.3 is 11.1 Å². The van der Waals surface area contributed by atoms with Gasteiger partial charge in [-0.15, -0.1) is 0 Å². The van der Waals surface area contributed by atoms with Crippen LogP contribution in [0.2, 0.25) is 0 Å². The van der Waals surface area contributed by atoms with Crippen molar-refractivity contribution in [2.45, 2.75) is 6.04 Å². The Morgan fingerprint density at radius 2 is 1.56 bits per heavy atom. The molecule has 3 rings (SSSR count). The number of carbonyl (C=O) groups excluding carboxylic acids is 2. The van der Waals surface area contributed by atoms with Crippen LogP contribution in [0.5, 0.6) is 0 Å². The monoisotopic (exact) mass is 330 g/mol. The lowest BCUT2D eigenvalue weighted by atomic mass is 10.0. The lowest BCUT2D eigenvalue weighted by molar-refractivity contribution is -0.125. The molecule has 0 spiro atoms. The molecule has 1 unspecified atom stereocenters. The van der Waals surface area contributed by atoms with Gasteiger partial charge in [-0.25, -0.2) is 0 Å². The Hall–Kier alpha value is -3.40. The molecule has 4 nitrogen and oxygen atoms in total. The van der Waals surface area contributed by atoms with Gasteiger partial charge in [0.25, 0.3) is 0 Å². The molecule has 0 aromatic heterocycles. The normalized spacial score (nSPS) is 12.2. The van der Waals surface area contributed by atoms with E-state index in [1.165, 1.54) is 6.08 Å². The summed E-state index contributed by atoms with van der Waals surface area (Å²) in [7, 11) is 0. The molecule has 25 heavy (non-hydrogen) atoms. The van der Waals surface area contributed by atoms with Gasteiger partial charge >= 0.3 is 0 Å². The summed E-state index contributed by atoms with van der Waals surface area (Å²) < 4.78 is 0. The van der Waals surface area contributed by atoms with Crippen LogP contribution in [0, 0.1) is 0 Å². The first-order chi connectivity index (χ1) is 12.1. The Labute approximate surface area is 146 Å². The minimum atomic E-state index is -0.856. The lowest BCUT2D eigenvalue weighted by Gasteiger charge is -2.14. The number of nitrogens with one attached hydrogen (secondary N) is 1. The molecule has 0 radical (unpaired) electrons. The highest BCUT2D eigenvalue weighted by molar-refractivity contribution is 5.98. The molecule has 0 aliphatic heterocycles. The predicted molar refractivity (Wildman–Crippen MR) is 99.5 cm³/mol. The van der Waals surface area contributed by atoms with Crippen LogP contribution in [0.3, 0.4) is 0 Å². The average molecular weight is 330 g/mol. The van der Waals surface area contributed by atoms with E-state index in [2.05, 4.69) is 5.32 Å². The molecule has 0 aliphatic carbocycles. The van der Waals surface area contributed by atoms with Crippen LogP contribution in [-0.2, 0) is 9.59 Å². The standard InChI is InChI=1S/C21H18N2O2/c22-21(25)20(17-8-2-1-3-9-17)23-19(24)14-13-16-11-6-10-15-7-4-5-12-18(15)16/h1-14,20H,(H2,22,25)(H,23,24)/b14-13+. The maximum atomic E-state index is 12.2. The maximum absolute atomic E-state index is 12.2. The van der Waals surface area contributed by atoms with Crippen molar-refractivity contribution in [1.29, 1.82) is 0 Å². The van der Waals surface area contributed by atoms with E-state index in [1.54, 1.807) is 30.3 Å². The number of nitrogens with two attached hydrogens (primary N) is 1. The van der Waals surface area contributed by atoms with Gasteiger partial charge in [0.2, 0.25) is 11.8 Å². The largest absolute Gasteiger partial charge is 0.368 e. The van der Waals surface area contributed by atoms with Crippen LogP contribution in [0.1, 0.15) is 17.2 Å². The third-order valence-electron chi connectivity index (χ3n) is 3.94. The molecule has 0 saturated heterocycles. The van der Waals surface area contributed by atoms with Gasteiger partial charge in [0.05, 0.1) is 0 Å². The third-order valence-corrected chi connectivity index (χ3v) is 3.94. The van der Waals surface area contributed by atoms with E-state index in [-0.39, 0.29) is 5.91 Å². The summed E-state index contributed by atoms with van der Waals surface area (Å²) in [5.41, 5.74) is 7.01. The van der Waals surface area contributed by atoms with Gasteiger partial charge in [-0.3, -0.25) is 9.59 Å². The van der Waals surface area contributed by atoms with Crippen molar-refractivity contribution in [3.63, 3.8) is 0 Å².